The van der Waals surface area contributed by atoms with Crippen molar-refractivity contribution < 1.29 is 0 Å². The Balaban J connectivity index is 2.07. The molecule has 3 rings (SSSR count). The fourth-order valence-electron chi connectivity index (χ4n) is 3.13. The number of fused-ring (bicyclic) bond motifs is 1. The number of para-hydroxylation sites is 1. The Labute approximate surface area is 97.2 Å². The molecule has 0 spiro atoms. The van der Waals surface area contributed by atoms with E-state index in [1.165, 1.54) is 30.6 Å². The van der Waals surface area contributed by atoms with Crippen LogP contribution in [0.2, 0.25) is 0 Å². The van der Waals surface area contributed by atoms with Crippen LogP contribution in [0.1, 0.15) is 25.3 Å². The molecule has 16 heavy (non-hydrogen) atoms. The summed E-state index contributed by atoms with van der Waals surface area (Å²) in [6.45, 7) is 4.58. The fraction of sp³-hybridized carbons (Fsp3) is 0.429. The first-order chi connectivity index (χ1) is 7.87. The van der Waals surface area contributed by atoms with E-state index in [-0.39, 0.29) is 0 Å². The molecule has 0 amide bonds. The molecule has 0 saturated carbocycles. The van der Waals surface area contributed by atoms with Crippen LogP contribution < -0.4 is 9.80 Å². The Bertz CT molecular complexity index is 418. The highest BCUT2D eigenvalue weighted by molar-refractivity contribution is 5.73. The lowest BCUT2D eigenvalue weighted by molar-refractivity contribution is 0.272. The van der Waals surface area contributed by atoms with Crippen molar-refractivity contribution in [2.24, 2.45) is 0 Å². The van der Waals surface area contributed by atoms with Crippen LogP contribution in [-0.2, 0) is 0 Å². The van der Waals surface area contributed by atoms with Crippen molar-refractivity contribution in [2.45, 2.75) is 25.9 Å². The zero-order valence-electron chi connectivity index (χ0n) is 9.82. The lowest BCUT2D eigenvalue weighted by Crippen LogP contribution is -2.55. The molecule has 1 aromatic carbocycles. The van der Waals surface area contributed by atoms with E-state index in [1.54, 1.807) is 0 Å². The standard InChI is InChI=1S/C14H19N2/c1-2-16(14-8-5-10-15-14)11-9-12-6-3-4-7-13(12)16/h3-4,6-7,9,11,14-15H,2,5,8,10H2,1H3/q+1. The summed E-state index contributed by atoms with van der Waals surface area (Å²) in [4.78, 5) is 0. The first-order valence-electron chi connectivity index (χ1n) is 6.26. The molecule has 2 atom stereocenters. The lowest BCUT2D eigenvalue weighted by Gasteiger charge is -2.37. The Morgan fingerprint density at radius 3 is 3.00 bits per heavy atom. The van der Waals surface area contributed by atoms with Gasteiger partial charge in [0.2, 0.25) is 0 Å². The average molecular weight is 215 g/mol. The van der Waals surface area contributed by atoms with Gasteiger partial charge < -0.3 is 0 Å². The van der Waals surface area contributed by atoms with E-state index in [0.717, 1.165) is 11.0 Å². The van der Waals surface area contributed by atoms with Crippen LogP contribution in [0.25, 0.3) is 6.08 Å². The number of quaternary nitrogens is 1. The van der Waals surface area contributed by atoms with Gasteiger partial charge >= 0.3 is 0 Å². The molecule has 2 heteroatoms. The van der Waals surface area contributed by atoms with E-state index in [0.29, 0.717) is 6.17 Å². The third-order valence-electron chi connectivity index (χ3n) is 4.02. The monoisotopic (exact) mass is 215 g/mol. The molecule has 2 unspecified atom stereocenters. The summed E-state index contributed by atoms with van der Waals surface area (Å²) >= 11 is 0. The molecule has 2 nitrogen and oxygen atoms in total. The Morgan fingerprint density at radius 2 is 2.25 bits per heavy atom. The number of hydrogen-bond acceptors (Lipinski definition) is 1. The maximum Gasteiger partial charge on any atom is 0.151 e. The van der Waals surface area contributed by atoms with Gasteiger partial charge in [0.05, 0.1) is 6.54 Å². The van der Waals surface area contributed by atoms with Gasteiger partial charge in [0.1, 0.15) is 11.9 Å². The number of benzene rings is 1. The van der Waals surface area contributed by atoms with Crippen LogP contribution in [0.3, 0.4) is 0 Å². The van der Waals surface area contributed by atoms with Crippen LogP contribution in [0, 0.1) is 0 Å². The van der Waals surface area contributed by atoms with Crippen molar-refractivity contribution >= 4 is 11.8 Å². The molecule has 2 aliphatic rings. The number of rotatable bonds is 2. The molecule has 0 aliphatic carbocycles. The van der Waals surface area contributed by atoms with Gasteiger partial charge in [0.15, 0.2) is 6.17 Å². The lowest BCUT2D eigenvalue weighted by atomic mass is 10.1. The maximum absolute atomic E-state index is 3.65. The van der Waals surface area contributed by atoms with E-state index in [2.05, 4.69) is 48.8 Å². The van der Waals surface area contributed by atoms with Gasteiger partial charge in [0, 0.05) is 30.7 Å². The molecule has 1 saturated heterocycles. The molecule has 2 aliphatic heterocycles. The van der Waals surface area contributed by atoms with Crippen LogP contribution in [0.15, 0.2) is 30.5 Å². The van der Waals surface area contributed by atoms with Gasteiger partial charge in [-0.2, -0.15) is 0 Å². The third kappa shape index (κ3) is 1.27. The average Bonchev–Trinajstić information content (AvgIpc) is 2.97. The van der Waals surface area contributed by atoms with Gasteiger partial charge in [-0.05, 0) is 19.4 Å². The first kappa shape index (κ1) is 10.1. The Morgan fingerprint density at radius 1 is 1.38 bits per heavy atom. The summed E-state index contributed by atoms with van der Waals surface area (Å²) in [6.07, 6.45) is 7.81. The Kier molecular flexibility index (Phi) is 2.34. The van der Waals surface area contributed by atoms with Crippen LogP contribution in [0.5, 0.6) is 0 Å². The summed E-state index contributed by atoms with van der Waals surface area (Å²) in [6, 6.07) is 8.78. The van der Waals surface area contributed by atoms with E-state index >= 15 is 0 Å². The molecule has 2 heterocycles. The zero-order valence-corrected chi connectivity index (χ0v) is 9.82. The minimum Gasteiger partial charge on any atom is -0.267 e. The van der Waals surface area contributed by atoms with E-state index in [1.807, 2.05) is 0 Å². The number of nitrogens with zero attached hydrogens (tertiary/aromatic N) is 1. The second-order valence-corrected chi connectivity index (χ2v) is 4.73. The highest BCUT2D eigenvalue weighted by atomic mass is 15.4. The second-order valence-electron chi connectivity index (χ2n) is 4.73. The predicted octanol–water partition coefficient (Wildman–Crippen LogP) is 2.71. The quantitative estimate of drug-likeness (QED) is 0.748. The minimum absolute atomic E-state index is 0.574. The van der Waals surface area contributed by atoms with Crippen molar-refractivity contribution in [1.82, 2.24) is 9.80 Å². The molecule has 0 radical (unpaired) electrons. The summed E-state index contributed by atoms with van der Waals surface area (Å²) in [7, 11) is 0. The van der Waals surface area contributed by atoms with E-state index in [4.69, 9.17) is 0 Å². The SMILES string of the molecule is CC[N+]1(C2CCCN2)C=Cc2ccccc21. The molecule has 0 bridgehead atoms. The van der Waals surface area contributed by atoms with Crippen molar-refractivity contribution in [2.75, 3.05) is 13.1 Å². The van der Waals surface area contributed by atoms with Crippen LogP contribution in [0.4, 0.5) is 5.69 Å². The van der Waals surface area contributed by atoms with Gasteiger partial charge in [-0.25, -0.2) is 4.48 Å². The molecular formula is C14H19N2+. The van der Waals surface area contributed by atoms with Crippen molar-refractivity contribution in [3.8, 4) is 0 Å². The molecule has 1 N–H and O–H groups in total. The summed E-state index contributed by atoms with van der Waals surface area (Å²) in [5, 5.41) is 3.65. The third-order valence-corrected chi connectivity index (χ3v) is 4.02. The minimum atomic E-state index is 0.574. The number of hydrogen-bond donors (Lipinski definition) is 1. The van der Waals surface area contributed by atoms with E-state index < -0.39 is 0 Å². The van der Waals surface area contributed by atoms with E-state index in [9.17, 15) is 0 Å². The van der Waals surface area contributed by atoms with Gasteiger partial charge in [-0.15, -0.1) is 0 Å². The van der Waals surface area contributed by atoms with Crippen molar-refractivity contribution in [3.05, 3.63) is 36.0 Å². The normalized spacial score (nSPS) is 31.9. The van der Waals surface area contributed by atoms with Crippen molar-refractivity contribution in [1.29, 1.82) is 0 Å². The van der Waals surface area contributed by atoms with Crippen LogP contribution >= 0.6 is 0 Å². The largest absolute Gasteiger partial charge is 0.267 e. The number of nitrogens with one attached hydrogen (secondary N) is 1. The smallest absolute Gasteiger partial charge is 0.151 e. The summed E-state index contributed by atoms with van der Waals surface area (Å²) in [5.41, 5.74) is 2.85. The van der Waals surface area contributed by atoms with Gasteiger partial charge in [0.25, 0.3) is 0 Å². The zero-order chi connectivity index (χ0) is 11.0. The molecule has 1 fully saturated rings. The topological polar surface area (TPSA) is 12.0 Å². The van der Waals surface area contributed by atoms with Gasteiger partial charge in [-0.1, -0.05) is 12.1 Å². The van der Waals surface area contributed by atoms with Gasteiger partial charge in [-0.3, -0.25) is 5.32 Å². The second kappa shape index (κ2) is 3.72. The first-order valence-corrected chi connectivity index (χ1v) is 6.26. The summed E-state index contributed by atoms with van der Waals surface area (Å²) in [5.74, 6) is 0. The molecule has 0 aromatic heterocycles. The maximum atomic E-state index is 3.65. The van der Waals surface area contributed by atoms with Crippen molar-refractivity contribution in [3.63, 3.8) is 0 Å². The highest BCUT2D eigenvalue weighted by Crippen LogP contribution is 2.38. The predicted molar refractivity (Wildman–Crippen MR) is 68.8 cm³/mol. The molecular weight excluding hydrogens is 196 g/mol. The highest BCUT2D eigenvalue weighted by Gasteiger charge is 2.41. The van der Waals surface area contributed by atoms with Crippen LogP contribution in [-0.4, -0.2) is 19.3 Å². The molecule has 84 valence electrons. The fourth-order valence-corrected chi connectivity index (χ4v) is 3.13. The Hall–Kier alpha value is -1.12. The summed E-state index contributed by atoms with van der Waals surface area (Å²) < 4.78 is 0.996. The molecule has 1 aromatic rings.